The largest absolute Gasteiger partial charge is 0.497 e. The minimum Gasteiger partial charge on any atom is -0.497 e. The van der Waals surface area contributed by atoms with Crippen molar-refractivity contribution >= 4 is 18.8 Å². The second-order valence-electron chi connectivity index (χ2n) is 11.3. The fourth-order valence-corrected chi connectivity index (χ4v) is 6.20. The van der Waals surface area contributed by atoms with Crippen molar-refractivity contribution in [3.63, 3.8) is 0 Å². The molecule has 3 rings (SSSR count). The Labute approximate surface area is 240 Å². The molecule has 3 aromatic rings. The Morgan fingerprint density at radius 2 is 1.00 bits per heavy atom. The summed E-state index contributed by atoms with van der Waals surface area (Å²) >= 11 is 0. The van der Waals surface area contributed by atoms with Gasteiger partial charge in [-0.05, 0) is 47.2 Å². The number of ether oxygens (including phenoxy) is 6. The molecule has 0 fully saturated rings. The van der Waals surface area contributed by atoms with Gasteiger partial charge in [-0.25, -0.2) is 0 Å². The van der Waals surface area contributed by atoms with Gasteiger partial charge in [0.1, 0.15) is 28.7 Å². The molecule has 0 aliphatic carbocycles. The van der Waals surface area contributed by atoms with Crippen LogP contribution in [0.5, 0.6) is 28.7 Å². The minimum absolute atomic E-state index is 0.0787. The van der Waals surface area contributed by atoms with Crippen LogP contribution in [0.3, 0.4) is 0 Å². The molecule has 3 aromatic carbocycles. The molecule has 0 saturated heterocycles. The van der Waals surface area contributed by atoms with Crippen LogP contribution in [0.25, 0.3) is 0 Å². The summed E-state index contributed by atoms with van der Waals surface area (Å²) in [5.74, 6) is 3.49. The van der Waals surface area contributed by atoms with Crippen LogP contribution in [0.4, 0.5) is 0 Å². The fraction of sp³-hybridized carbons (Fsp3) is 0.438. The van der Waals surface area contributed by atoms with Crippen molar-refractivity contribution in [3.05, 3.63) is 65.7 Å². The number of hydrogen-bond acceptors (Lipinski definition) is 7. The number of benzene rings is 3. The lowest BCUT2D eigenvalue weighted by molar-refractivity contribution is 0.0505. The zero-order valence-electron chi connectivity index (χ0n) is 25.4. The van der Waals surface area contributed by atoms with Gasteiger partial charge >= 0.3 is 0 Å². The molecule has 0 bridgehead atoms. The normalized spacial score (nSPS) is 11.9. The molecule has 0 saturated carbocycles. The third-order valence-corrected chi connectivity index (χ3v) is 8.13. The van der Waals surface area contributed by atoms with Crippen LogP contribution in [-0.2, 0) is 20.3 Å². The van der Waals surface area contributed by atoms with E-state index in [2.05, 4.69) is 41.5 Å². The predicted octanol–water partition coefficient (Wildman–Crippen LogP) is 6.69. The molecule has 0 unspecified atom stereocenters. The van der Waals surface area contributed by atoms with Gasteiger partial charge in [-0.3, -0.25) is 0 Å². The van der Waals surface area contributed by atoms with Crippen LogP contribution in [0, 0.1) is 0 Å². The summed E-state index contributed by atoms with van der Waals surface area (Å²) in [4.78, 5) is 0. The van der Waals surface area contributed by atoms with E-state index in [1.165, 1.54) is 0 Å². The summed E-state index contributed by atoms with van der Waals surface area (Å²) in [6, 6.07) is 17.7. The summed E-state index contributed by atoms with van der Waals surface area (Å²) in [5, 5.41) is 1.66. The van der Waals surface area contributed by atoms with Crippen LogP contribution < -0.4 is 34.1 Å². The molecule has 218 valence electrons. The van der Waals surface area contributed by atoms with Crippen LogP contribution >= 0.6 is 8.15 Å². The average molecular weight is 571 g/mol. The van der Waals surface area contributed by atoms with Crippen molar-refractivity contribution in [2.45, 2.75) is 52.4 Å². The van der Waals surface area contributed by atoms with Gasteiger partial charge in [0.2, 0.25) is 0 Å². The number of methoxy groups -OCH3 is 4. The Morgan fingerprint density at radius 1 is 0.575 bits per heavy atom. The maximum Gasteiger partial charge on any atom is 0.188 e. The zero-order valence-corrected chi connectivity index (χ0v) is 26.3. The van der Waals surface area contributed by atoms with E-state index in [0.29, 0.717) is 28.7 Å². The predicted molar refractivity (Wildman–Crippen MR) is 162 cm³/mol. The summed E-state index contributed by atoms with van der Waals surface area (Å²) < 4.78 is 41.8. The summed E-state index contributed by atoms with van der Waals surface area (Å²) in [6.07, 6.45) is 0. The Kier molecular flexibility index (Phi) is 10.7. The van der Waals surface area contributed by atoms with Gasteiger partial charge in [-0.2, -0.15) is 0 Å². The molecule has 0 atom stereocenters. The smallest absolute Gasteiger partial charge is 0.188 e. The first kappa shape index (κ1) is 31.5. The SMILES string of the molecule is COCOc1c(P(Oc2ccccc2)c2cc(OC)cc(C(C)(C)C)c2OCOC)cc(OC)cc1C(C)(C)C. The fourth-order valence-electron chi connectivity index (χ4n) is 4.18. The van der Waals surface area contributed by atoms with E-state index in [1.807, 2.05) is 54.6 Å². The van der Waals surface area contributed by atoms with Gasteiger partial charge < -0.3 is 32.9 Å². The van der Waals surface area contributed by atoms with Crippen molar-refractivity contribution in [3.8, 4) is 28.7 Å². The molecular formula is C32H43O7P. The van der Waals surface area contributed by atoms with Crippen LogP contribution in [0.1, 0.15) is 52.7 Å². The maximum atomic E-state index is 6.87. The van der Waals surface area contributed by atoms with E-state index in [-0.39, 0.29) is 24.4 Å². The van der Waals surface area contributed by atoms with Crippen LogP contribution in [-0.4, -0.2) is 42.0 Å². The Morgan fingerprint density at radius 3 is 1.35 bits per heavy atom. The summed E-state index contributed by atoms with van der Waals surface area (Å²) in [5.41, 5.74) is 1.42. The van der Waals surface area contributed by atoms with Crippen molar-refractivity contribution in [1.29, 1.82) is 0 Å². The first-order chi connectivity index (χ1) is 18.9. The Hall–Kier alpha value is -2.99. The third-order valence-electron chi connectivity index (χ3n) is 6.19. The maximum absolute atomic E-state index is 6.87. The Balaban J connectivity index is 2.46. The average Bonchev–Trinajstić information content (AvgIpc) is 2.92. The third kappa shape index (κ3) is 7.60. The molecule has 0 aromatic heterocycles. The van der Waals surface area contributed by atoms with Crippen molar-refractivity contribution in [1.82, 2.24) is 0 Å². The van der Waals surface area contributed by atoms with Crippen molar-refractivity contribution < 1.29 is 32.9 Å². The highest BCUT2D eigenvalue weighted by Crippen LogP contribution is 2.48. The quantitative estimate of drug-likeness (QED) is 0.178. The molecule has 0 amide bonds. The second-order valence-corrected chi connectivity index (χ2v) is 13.1. The van der Waals surface area contributed by atoms with Gasteiger partial charge in [-0.1, -0.05) is 59.7 Å². The highest BCUT2D eigenvalue weighted by Gasteiger charge is 2.34. The zero-order chi connectivity index (χ0) is 29.5. The standard InChI is InChI=1S/C32H43O7P/c1-31(2,3)25-16-23(35-9)18-27(29(25)37-20-33-7)40(39-22-14-12-11-13-15-22)28-19-24(36-10)17-26(32(4,5)6)30(28)38-21-34-8/h11-19H,20-21H2,1-10H3. The Bertz CT molecular complexity index is 1170. The first-order valence-electron chi connectivity index (χ1n) is 13.2. The van der Waals surface area contributed by atoms with Crippen molar-refractivity contribution in [2.75, 3.05) is 42.0 Å². The molecular weight excluding hydrogens is 527 g/mol. The number of para-hydroxylation sites is 1. The van der Waals surface area contributed by atoms with Gasteiger partial charge in [0, 0.05) is 25.3 Å². The molecule has 0 heterocycles. The monoisotopic (exact) mass is 570 g/mol. The van der Waals surface area contributed by atoms with Crippen molar-refractivity contribution in [2.24, 2.45) is 0 Å². The minimum atomic E-state index is -1.59. The lowest BCUT2D eigenvalue weighted by Gasteiger charge is -2.31. The number of rotatable bonds is 12. The molecule has 7 nitrogen and oxygen atoms in total. The van der Waals surface area contributed by atoms with Gasteiger partial charge in [0.15, 0.2) is 21.7 Å². The molecule has 0 radical (unpaired) electrons. The molecule has 0 aliphatic heterocycles. The first-order valence-corrected chi connectivity index (χ1v) is 14.4. The van der Waals surface area contributed by atoms with E-state index < -0.39 is 8.15 Å². The number of hydrogen-bond donors (Lipinski definition) is 0. The van der Waals surface area contributed by atoms with Gasteiger partial charge in [-0.15, -0.1) is 0 Å². The van der Waals surface area contributed by atoms with E-state index in [0.717, 1.165) is 21.7 Å². The lowest BCUT2D eigenvalue weighted by atomic mass is 9.86. The molecule has 0 spiro atoms. The van der Waals surface area contributed by atoms with E-state index in [9.17, 15) is 0 Å². The topological polar surface area (TPSA) is 64.6 Å². The van der Waals surface area contributed by atoms with E-state index in [4.69, 9.17) is 32.9 Å². The second kappa shape index (κ2) is 13.6. The van der Waals surface area contributed by atoms with E-state index >= 15 is 0 Å². The molecule has 0 aliphatic rings. The lowest BCUT2D eigenvalue weighted by Crippen LogP contribution is -2.27. The van der Waals surface area contributed by atoms with Crippen LogP contribution in [0.2, 0.25) is 0 Å². The van der Waals surface area contributed by atoms with E-state index in [1.54, 1.807) is 28.4 Å². The van der Waals surface area contributed by atoms with Gasteiger partial charge in [0.25, 0.3) is 0 Å². The molecule has 8 heteroatoms. The summed E-state index contributed by atoms with van der Waals surface area (Å²) in [7, 11) is 4.95. The van der Waals surface area contributed by atoms with Crippen LogP contribution in [0.15, 0.2) is 54.6 Å². The van der Waals surface area contributed by atoms with Gasteiger partial charge in [0.05, 0.1) is 24.8 Å². The molecule has 0 N–H and O–H groups in total. The highest BCUT2D eigenvalue weighted by molar-refractivity contribution is 7.69. The molecule has 40 heavy (non-hydrogen) atoms. The highest BCUT2D eigenvalue weighted by atomic mass is 31.1. The summed E-state index contributed by atoms with van der Waals surface area (Å²) in [6.45, 7) is 13.0.